The molecule has 1 aliphatic carbocycles. The monoisotopic (exact) mass is 350 g/mol. The summed E-state index contributed by atoms with van der Waals surface area (Å²) in [6, 6.07) is 12.9. The predicted octanol–water partition coefficient (Wildman–Crippen LogP) is 3.72. The Morgan fingerprint density at radius 2 is 1.73 bits per heavy atom. The highest BCUT2D eigenvalue weighted by Crippen LogP contribution is 2.40. The van der Waals surface area contributed by atoms with E-state index < -0.39 is 0 Å². The van der Waals surface area contributed by atoms with Crippen molar-refractivity contribution in [3.63, 3.8) is 0 Å². The molecule has 0 bridgehead atoms. The summed E-state index contributed by atoms with van der Waals surface area (Å²) in [5, 5.41) is 5.84. The molecule has 2 N–H and O–H groups in total. The standard InChI is InChI=1S/C21H22N2O3/c1-12-13(2)26-19-17(12)4-3-5-18(19)21(25)23-15-8-6-14(7-9-15)20(24)22-16-10-11-16/h3-9,12-13,16H,10-11H2,1-2H3,(H,22,24)(H,23,25). The smallest absolute Gasteiger partial charge is 0.259 e. The molecule has 1 saturated carbocycles. The molecule has 2 aliphatic rings. The lowest BCUT2D eigenvalue weighted by Gasteiger charge is -2.10. The van der Waals surface area contributed by atoms with Gasteiger partial charge in [-0.15, -0.1) is 0 Å². The summed E-state index contributed by atoms with van der Waals surface area (Å²) < 4.78 is 5.89. The van der Waals surface area contributed by atoms with Crippen molar-refractivity contribution in [2.75, 3.05) is 5.32 Å². The van der Waals surface area contributed by atoms with Crippen LogP contribution in [-0.4, -0.2) is 24.0 Å². The molecule has 0 radical (unpaired) electrons. The first-order valence-electron chi connectivity index (χ1n) is 9.05. The highest BCUT2D eigenvalue weighted by molar-refractivity contribution is 6.07. The second-order valence-electron chi connectivity index (χ2n) is 7.11. The average Bonchev–Trinajstić information content (AvgIpc) is 3.40. The van der Waals surface area contributed by atoms with Gasteiger partial charge in [0.25, 0.3) is 11.8 Å². The van der Waals surface area contributed by atoms with Crippen molar-refractivity contribution in [2.45, 2.75) is 44.8 Å². The van der Waals surface area contributed by atoms with Crippen molar-refractivity contribution in [1.82, 2.24) is 5.32 Å². The number of carbonyl (C=O) groups is 2. The topological polar surface area (TPSA) is 67.4 Å². The van der Waals surface area contributed by atoms with E-state index in [0.717, 1.165) is 18.4 Å². The Morgan fingerprint density at radius 3 is 2.42 bits per heavy atom. The van der Waals surface area contributed by atoms with Gasteiger partial charge in [-0.3, -0.25) is 9.59 Å². The zero-order valence-corrected chi connectivity index (χ0v) is 14.9. The van der Waals surface area contributed by atoms with Gasteiger partial charge in [0.05, 0.1) is 5.56 Å². The fourth-order valence-corrected chi connectivity index (χ4v) is 3.16. The number of hydrogen-bond acceptors (Lipinski definition) is 3. The number of benzene rings is 2. The van der Waals surface area contributed by atoms with Gasteiger partial charge in [-0.2, -0.15) is 0 Å². The Hall–Kier alpha value is -2.82. The fourth-order valence-electron chi connectivity index (χ4n) is 3.16. The maximum absolute atomic E-state index is 12.7. The third kappa shape index (κ3) is 3.17. The fraction of sp³-hybridized carbons (Fsp3) is 0.333. The Balaban J connectivity index is 1.48. The van der Waals surface area contributed by atoms with Gasteiger partial charge in [-0.1, -0.05) is 19.1 Å². The third-order valence-electron chi connectivity index (χ3n) is 5.11. The molecule has 26 heavy (non-hydrogen) atoms. The maximum atomic E-state index is 12.7. The summed E-state index contributed by atoms with van der Waals surface area (Å²) in [4.78, 5) is 24.7. The molecule has 1 fully saturated rings. The highest BCUT2D eigenvalue weighted by atomic mass is 16.5. The number of nitrogens with one attached hydrogen (secondary N) is 2. The Labute approximate surface area is 152 Å². The van der Waals surface area contributed by atoms with Crippen molar-refractivity contribution in [2.24, 2.45) is 0 Å². The number of rotatable bonds is 4. The van der Waals surface area contributed by atoms with E-state index in [1.54, 1.807) is 30.3 Å². The molecular weight excluding hydrogens is 328 g/mol. The van der Waals surface area contributed by atoms with Crippen LogP contribution in [-0.2, 0) is 0 Å². The number of amides is 2. The molecule has 1 aliphatic heterocycles. The molecule has 1 heterocycles. The summed E-state index contributed by atoms with van der Waals surface area (Å²) in [5.41, 5.74) is 2.85. The van der Waals surface area contributed by atoms with E-state index in [1.165, 1.54) is 0 Å². The van der Waals surface area contributed by atoms with Crippen LogP contribution >= 0.6 is 0 Å². The molecule has 5 heteroatoms. The van der Waals surface area contributed by atoms with E-state index in [4.69, 9.17) is 4.74 Å². The van der Waals surface area contributed by atoms with Crippen molar-refractivity contribution < 1.29 is 14.3 Å². The minimum Gasteiger partial charge on any atom is -0.489 e. The Morgan fingerprint density at radius 1 is 1.00 bits per heavy atom. The third-order valence-corrected chi connectivity index (χ3v) is 5.11. The van der Waals surface area contributed by atoms with Crippen LogP contribution in [0.5, 0.6) is 5.75 Å². The van der Waals surface area contributed by atoms with Gasteiger partial charge < -0.3 is 15.4 Å². The van der Waals surface area contributed by atoms with E-state index in [9.17, 15) is 9.59 Å². The highest BCUT2D eigenvalue weighted by Gasteiger charge is 2.31. The molecule has 0 spiro atoms. The van der Waals surface area contributed by atoms with Crippen LogP contribution in [0.1, 0.15) is 58.9 Å². The van der Waals surface area contributed by atoms with E-state index in [1.807, 2.05) is 19.1 Å². The van der Waals surface area contributed by atoms with Crippen LogP contribution in [0.2, 0.25) is 0 Å². The lowest BCUT2D eigenvalue weighted by Crippen LogP contribution is -2.25. The molecular formula is C21H22N2O3. The second-order valence-corrected chi connectivity index (χ2v) is 7.11. The molecule has 0 aromatic heterocycles. The van der Waals surface area contributed by atoms with Crippen LogP contribution in [0.4, 0.5) is 5.69 Å². The summed E-state index contributed by atoms with van der Waals surface area (Å²) in [6.45, 7) is 4.11. The molecule has 4 rings (SSSR count). The minimum atomic E-state index is -0.210. The van der Waals surface area contributed by atoms with Crippen molar-refractivity contribution >= 4 is 17.5 Å². The number of ether oxygens (including phenoxy) is 1. The number of fused-ring (bicyclic) bond motifs is 1. The van der Waals surface area contributed by atoms with E-state index >= 15 is 0 Å². The van der Waals surface area contributed by atoms with Crippen LogP contribution in [0.15, 0.2) is 42.5 Å². The second kappa shape index (κ2) is 6.48. The van der Waals surface area contributed by atoms with Crippen molar-refractivity contribution in [1.29, 1.82) is 0 Å². The number of anilines is 1. The van der Waals surface area contributed by atoms with Gasteiger partial charge >= 0.3 is 0 Å². The number of para-hydroxylation sites is 1. The zero-order valence-electron chi connectivity index (χ0n) is 14.9. The molecule has 2 unspecified atom stereocenters. The van der Waals surface area contributed by atoms with E-state index in [2.05, 4.69) is 17.6 Å². The lowest BCUT2D eigenvalue weighted by molar-refractivity contribution is 0.0950. The SMILES string of the molecule is CC1Oc2c(C(=O)Nc3ccc(C(=O)NC4CC4)cc3)cccc2C1C. The number of hydrogen-bond donors (Lipinski definition) is 2. The van der Waals surface area contributed by atoms with Gasteiger partial charge in [-0.25, -0.2) is 0 Å². The minimum absolute atomic E-state index is 0.0585. The molecule has 2 amide bonds. The van der Waals surface area contributed by atoms with Gasteiger partial charge in [-0.05, 0) is 50.1 Å². The van der Waals surface area contributed by atoms with Crippen LogP contribution in [0, 0.1) is 0 Å². The molecule has 2 aromatic carbocycles. The van der Waals surface area contributed by atoms with Crippen LogP contribution in [0.3, 0.4) is 0 Å². The first-order chi connectivity index (χ1) is 12.5. The van der Waals surface area contributed by atoms with Gasteiger partial charge in [0.2, 0.25) is 0 Å². The van der Waals surface area contributed by atoms with Crippen LogP contribution in [0.25, 0.3) is 0 Å². The summed E-state index contributed by atoms with van der Waals surface area (Å²) in [7, 11) is 0. The Bertz CT molecular complexity index is 856. The largest absolute Gasteiger partial charge is 0.489 e. The Kier molecular flexibility index (Phi) is 4.15. The molecule has 134 valence electrons. The summed E-state index contributed by atoms with van der Waals surface area (Å²) in [6.07, 6.45) is 2.17. The van der Waals surface area contributed by atoms with Crippen molar-refractivity contribution in [3.05, 3.63) is 59.2 Å². The zero-order chi connectivity index (χ0) is 18.3. The first kappa shape index (κ1) is 16.6. The summed E-state index contributed by atoms with van der Waals surface area (Å²) in [5.74, 6) is 0.661. The predicted molar refractivity (Wildman–Crippen MR) is 99.8 cm³/mol. The van der Waals surface area contributed by atoms with Gasteiger partial charge in [0, 0.05) is 28.8 Å². The first-order valence-corrected chi connectivity index (χ1v) is 9.05. The van der Waals surface area contributed by atoms with E-state index in [0.29, 0.717) is 28.6 Å². The quantitative estimate of drug-likeness (QED) is 0.883. The van der Waals surface area contributed by atoms with Crippen molar-refractivity contribution in [3.8, 4) is 5.75 Å². The molecule has 2 aromatic rings. The summed E-state index contributed by atoms with van der Waals surface area (Å²) >= 11 is 0. The lowest BCUT2D eigenvalue weighted by atomic mass is 9.97. The van der Waals surface area contributed by atoms with Gasteiger partial charge in [0.15, 0.2) is 0 Å². The molecule has 0 saturated heterocycles. The van der Waals surface area contributed by atoms with Crippen LogP contribution < -0.4 is 15.4 Å². The molecule has 2 atom stereocenters. The molecule has 5 nitrogen and oxygen atoms in total. The van der Waals surface area contributed by atoms with E-state index in [-0.39, 0.29) is 23.8 Å². The normalized spacial score (nSPS) is 20.8. The number of carbonyl (C=O) groups excluding carboxylic acids is 2. The maximum Gasteiger partial charge on any atom is 0.259 e. The average molecular weight is 350 g/mol. The van der Waals surface area contributed by atoms with Gasteiger partial charge in [0.1, 0.15) is 11.9 Å².